The summed E-state index contributed by atoms with van der Waals surface area (Å²) < 4.78 is 26.4. The monoisotopic (exact) mass is 298 g/mol. The summed E-state index contributed by atoms with van der Waals surface area (Å²) in [5.41, 5.74) is 0.0466. The fourth-order valence-electron chi connectivity index (χ4n) is 2.42. The minimum Gasteiger partial charge on any atom is -0.481 e. The first-order valence-electron chi connectivity index (χ1n) is 6.58. The molecule has 1 aromatic carbocycles. The highest BCUT2D eigenvalue weighted by molar-refractivity contribution is 5.77. The molecule has 1 saturated heterocycles. The van der Waals surface area contributed by atoms with Crippen LogP contribution < -0.4 is 5.32 Å². The van der Waals surface area contributed by atoms with Gasteiger partial charge in [-0.1, -0.05) is 6.92 Å². The highest BCUT2D eigenvalue weighted by Gasteiger charge is 2.36. The van der Waals surface area contributed by atoms with Crippen LogP contribution in [0.15, 0.2) is 18.2 Å². The van der Waals surface area contributed by atoms with Crippen molar-refractivity contribution in [2.45, 2.75) is 13.5 Å². The molecule has 0 aromatic heterocycles. The van der Waals surface area contributed by atoms with Crippen molar-refractivity contribution >= 4 is 12.0 Å². The number of carbonyl (C=O) groups excluding carboxylic acids is 1. The summed E-state index contributed by atoms with van der Waals surface area (Å²) in [4.78, 5) is 24.3. The molecule has 0 saturated carbocycles. The van der Waals surface area contributed by atoms with Gasteiger partial charge in [-0.25, -0.2) is 13.6 Å². The number of hydrogen-bond donors (Lipinski definition) is 2. The molecule has 2 N–H and O–H groups in total. The molecule has 0 aliphatic carbocycles. The summed E-state index contributed by atoms with van der Waals surface area (Å²) in [5.74, 6) is -2.86. The molecule has 2 atom stereocenters. The number of carboxylic acids is 1. The van der Waals surface area contributed by atoms with Crippen molar-refractivity contribution in [3.8, 4) is 0 Å². The number of urea groups is 1. The number of nitrogens with zero attached hydrogens (tertiary/aromatic N) is 1. The van der Waals surface area contributed by atoms with Gasteiger partial charge >= 0.3 is 12.0 Å². The first kappa shape index (κ1) is 15.2. The normalized spacial score (nSPS) is 21.4. The van der Waals surface area contributed by atoms with E-state index < -0.39 is 29.6 Å². The van der Waals surface area contributed by atoms with Crippen LogP contribution in [-0.4, -0.2) is 35.1 Å². The first-order chi connectivity index (χ1) is 9.88. The Bertz CT molecular complexity index is 565. The number of carboxylic acid groups (broad SMARTS) is 1. The molecule has 2 rings (SSSR count). The largest absolute Gasteiger partial charge is 0.481 e. The average Bonchev–Trinajstić information content (AvgIpc) is 2.82. The molecule has 0 bridgehead atoms. The average molecular weight is 298 g/mol. The Balaban J connectivity index is 1.94. The maximum absolute atomic E-state index is 13.4. The summed E-state index contributed by atoms with van der Waals surface area (Å²) in [6.07, 6.45) is 0. The zero-order chi connectivity index (χ0) is 15.6. The van der Waals surface area contributed by atoms with E-state index in [1.54, 1.807) is 6.92 Å². The molecular formula is C14H16F2N2O3. The van der Waals surface area contributed by atoms with E-state index in [1.807, 2.05) is 0 Å². The van der Waals surface area contributed by atoms with Gasteiger partial charge in [0.15, 0.2) is 0 Å². The predicted molar refractivity (Wildman–Crippen MR) is 70.5 cm³/mol. The molecule has 2 amide bonds. The quantitative estimate of drug-likeness (QED) is 0.894. The molecule has 0 radical (unpaired) electrons. The summed E-state index contributed by atoms with van der Waals surface area (Å²) >= 11 is 0. The molecular weight excluding hydrogens is 282 g/mol. The van der Waals surface area contributed by atoms with Crippen LogP contribution in [0.5, 0.6) is 0 Å². The number of benzene rings is 1. The minimum atomic E-state index is -0.936. The molecule has 1 heterocycles. The smallest absolute Gasteiger partial charge is 0.317 e. The summed E-state index contributed by atoms with van der Waals surface area (Å²) in [6, 6.07) is 2.53. The summed E-state index contributed by atoms with van der Waals surface area (Å²) in [6.45, 7) is 2.06. The van der Waals surface area contributed by atoms with Gasteiger partial charge in [0.2, 0.25) is 0 Å². The highest BCUT2D eigenvalue weighted by Crippen LogP contribution is 2.23. The van der Waals surface area contributed by atoms with Gasteiger partial charge in [-0.3, -0.25) is 4.79 Å². The van der Waals surface area contributed by atoms with Gasteiger partial charge in [-0.05, 0) is 24.1 Å². The Hall–Kier alpha value is -2.18. The predicted octanol–water partition coefficient (Wildman–Crippen LogP) is 1.83. The van der Waals surface area contributed by atoms with E-state index in [0.717, 1.165) is 18.2 Å². The van der Waals surface area contributed by atoms with Crippen LogP contribution in [0.1, 0.15) is 12.5 Å². The second kappa shape index (κ2) is 6.07. The number of carbonyl (C=O) groups is 2. The molecule has 5 nitrogen and oxygen atoms in total. The topological polar surface area (TPSA) is 69.6 Å². The number of nitrogens with one attached hydrogen (secondary N) is 1. The van der Waals surface area contributed by atoms with Crippen molar-refractivity contribution < 1.29 is 23.5 Å². The van der Waals surface area contributed by atoms with E-state index in [1.165, 1.54) is 4.90 Å². The third kappa shape index (κ3) is 3.48. The van der Waals surface area contributed by atoms with Crippen molar-refractivity contribution in [3.63, 3.8) is 0 Å². The maximum Gasteiger partial charge on any atom is 0.317 e. The van der Waals surface area contributed by atoms with Crippen molar-refractivity contribution in [3.05, 3.63) is 35.4 Å². The lowest BCUT2D eigenvalue weighted by Gasteiger charge is -2.17. The van der Waals surface area contributed by atoms with E-state index in [0.29, 0.717) is 6.54 Å². The molecule has 1 fully saturated rings. The van der Waals surface area contributed by atoms with Gasteiger partial charge in [-0.2, -0.15) is 0 Å². The molecule has 114 valence electrons. The number of aliphatic carboxylic acids is 1. The number of likely N-dealkylation sites (tertiary alicyclic amines) is 1. The second-order valence-corrected chi connectivity index (χ2v) is 5.22. The minimum absolute atomic E-state index is 0.0466. The summed E-state index contributed by atoms with van der Waals surface area (Å²) in [5, 5.41) is 11.5. The Morgan fingerprint density at radius 3 is 2.71 bits per heavy atom. The lowest BCUT2D eigenvalue weighted by Crippen LogP contribution is -2.38. The van der Waals surface area contributed by atoms with Crippen LogP contribution >= 0.6 is 0 Å². The van der Waals surface area contributed by atoms with E-state index in [2.05, 4.69) is 5.32 Å². The van der Waals surface area contributed by atoms with Crippen molar-refractivity contribution in [2.75, 3.05) is 13.1 Å². The van der Waals surface area contributed by atoms with Crippen molar-refractivity contribution in [1.29, 1.82) is 0 Å². The van der Waals surface area contributed by atoms with Crippen molar-refractivity contribution in [1.82, 2.24) is 10.2 Å². The fourth-order valence-corrected chi connectivity index (χ4v) is 2.42. The third-order valence-corrected chi connectivity index (χ3v) is 3.65. The SMILES string of the molecule is C[C@@H]1CN(C(=O)NCc2cc(F)ccc2F)C[C@H]1C(=O)O. The Labute approximate surface area is 120 Å². The third-order valence-electron chi connectivity index (χ3n) is 3.65. The number of amides is 2. The summed E-state index contributed by atoms with van der Waals surface area (Å²) in [7, 11) is 0. The zero-order valence-corrected chi connectivity index (χ0v) is 11.5. The van der Waals surface area contributed by atoms with E-state index in [-0.39, 0.29) is 24.6 Å². The lowest BCUT2D eigenvalue weighted by atomic mass is 9.99. The van der Waals surface area contributed by atoms with E-state index >= 15 is 0 Å². The van der Waals surface area contributed by atoms with Crippen LogP contribution in [0.4, 0.5) is 13.6 Å². The highest BCUT2D eigenvalue weighted by atomic mass is 19.1. The fraction of sp³-hybridized carbons (Fsp3) is 0.429. The van der Waals surface area contributed by atoms with Gasteiger partial charge in [0, 0.05) is 25.2 Å². The second-order valence-electron chi connectivity index (χ2n) is 5.22. The molecule has 1 aliphatic rings. The number of hydrogen-bond acceptors (Lipinski definition) is 2. The number of halogens is 2. The Morgan fingerprint density at radius 2 is 2.10 bits per heavy atom. The van der Waals surface area contributed by atoms with Crippen LogP contribution in [0.25, 0.3) is 0 Å². The van der Waals surface area contributed by atoms with Gasteiger partial charge in [0.1, 0.15) is 11.6 Å². The van der Waals surface area contributed by atoms with E-state index in [9.17, 15) is 18.4 Å². The molecule has 1 aliphatic heterocycles. The zero-order valence-electron chi connectivity index (χ0n) is 11.5. The van der Waals surface area contributed by atoms with Gasteiger partial charge in [0.25, 0.3) is 0 Å². The molecule has 1 aromatic rings. The Kier molecular flexibility index (Phi) is 4.40. The van der Waals surface area contributed by atoms with Crippen LogP contribution in [0, 0.1) is 23.5 Å². The van der Waals surface area contributed by atoms with Gasteiger partial charge in [-0.15, -0.1) is 0 Å². The van der Waals surface area contributed by atoms with Crippen LogP contribution in [0.3, 0.4) is 0 Å². The van der Waals surface area contributed by atoms with Crippen LogP contribution in [0.2, 0.25) is 0 Å². The lowest BCUT2D eigenvalue weighted by molar-refractivity contribution is -0.142. The van der Waals surface area contributed by atoms with Gasteiger partial charge < -0.3 is 15.3 Å². The van der Waals surface area contributed by atoms with Crippen LogP contribution in [-0.2, 0) is 11.3 Å². The molecule has 21 heavy (non-hydrogen) atoms. The standard InChI is InChI=1S/C14H16F2N2O3/c1-8-6-18(7-11(8)13(19)20)14(21)17-5-9-4-10(15)2-3-12(9)16/h2-4,8,11H,5-7H2,1H3,(H,17,21)(H,19,20)/t8-,11-/m1/s1. The van der Waals surface area contributed by atoms with Crippen molar-refractivity contribution in [2.24, 2.45) is 11.8 Å². The first-order valence-corrected chi connectivity index (χ1v) is 6.58. The number of rotatable bonds is 3. The maximum atomic E-state index is 13.4. The Morgan fingerprint density at radius 1 is 1.38 bits per heavy atom. The molecule has 0 spiro atoms. The molecule has 7 heteroatoms. The molecule has 0 unspecified atom stereocenters. The van der Waals surface area contributed by atoms with Gasteiger partial charge in [0.05, 0.1) is 5.92 Å². The van der Waals surface area contributed by atoms with E-state index in [4.69, 9.17) is 5.11 Å².